The number of amides is 2. The number of nitrogens with zero attached hydrogens (tertiary/aromatic N) is 1. The Labute approximate surface area is 190 Å². The fraction of sp³-hybridized carbons (Fsp3) is 0.292. The lowest BCUT2D eigenvalue weighted by Crippen LogP contribution is -2.26. The van der Waals surface area contributed by atoms with Crippen LogP contribution in [0.5, 0.6) is 11.5 Å². The van der Waals surface area contributed by atoms with Crippen molar-refractivity contribution in [1.29, 1.82) is 0 Å². The Hall–Kier alpha value is -3.39. The van der Waals surface area contributed by atoms with E-state index in [0.717, 1.165) is 36.8 Å². The van der Waals surface area contributed by atoms with Gasteiger partial charge in [0.15, 0.2) is 18.1 Å². The zero-order valence-corrected chi connectivity index (χ0v) is 18.7. The SMILES string of the molecule is COc1ccccc1OCC(=O)Nc1sc2c(c1C(=O)NCc1cccnc1)CCCC2. The molecule has 0 saturated heterocycles. The molecule has 2 aromatic heterocycles. The van der Waals surface area contributed by atoms with E-state index in [2.05, 4.69) is 15.6 Å². The Morgan fingerprint density at radius 2 is 1.91 bits per heavy atom. The molecular formula is C24H25N3O4S. The molecule has 0 saturated carbocycles. The number of hydrogen-bond donors (Lipinski definition) is 2. The number of thiophene rings is 1. The van der Waals surface area contributed by atoms with E-state index in [-0.39, 0.29) is 18.4 Å². The Bertz CT molecular complexity index is 1100. The molecule has 0 radical (unpaired) electrons. The van der Waals surface area contributed by atoms with E-state index in [1.54, 1.807) is 31.6 Å². The topological polar surface area (TPSA) is 89.5 Å². The number of rotatable bonds is 8. The van der Waals surface area contributed by atoms with Gasteiger partial charge < -0.3 is 20.1 Å². The zero-order valence-electron chi connectivity index (χ0n) is 17.8. The van der Waals surface area contributed by atoms with Crippen LogP contribution in [-0.2, 0) is 24.2 Å². The second kappa shape index (κ2) is 10.3. The van der Waals surface area contributed by atoms with Gasteiger partial charge in [-0.05, 0) is 55.0 Å². The van der Waals surface area contributed by atoms with Crippen LogP contribution in [-0.4, -0.2) is 30.5 Å². The van der Waals surface area contributed by atoms with Crippen LogP contribution in [0.3, 0.4) is 0 Å². The summed E-state index contributed by atoms with van der Waals surface area (Å²) in [4.78, 5) is 31.0. The van der Waals surface area contributed by atoms with Gasteiger partial charge in [-0.25, -0.2) is 0 Å². The summed E-state index contributed by atoms with van der Waals surface area (Å²) in [5.41, 5.74) is 2.53. The van der Waals surface area contributed by atoms with Crippen molar-refractivity contribution in [2.24, 2.45) is 0 Å². The smallest absolute Gasteiger partial charge is 0.262 e. The zero-order chi connectivity index (χ0) is 22.3. The summed E-state index contributed by atoms with van der Waals surface area (Å²) in [5.74, 6) is 0.539. The van der Waals surface area contributed by atoms with E-state index >= 15 is 0 Å². The second-order valence-corrected chi connectivity index (χ2v) is 8.55. The first-order chi connectivity index (χ1) is 15.7. The highest BCUT2D eigenvalue weighted by Gasteiger charge is 2.26. The Kier molecular flexibility index (Phi) is 7.01. The van der Waals surface area contributed by atoms with Gasteiger partial charge in [-0.15, -0.1) is 11.3 Å². The highest BCUT2D eigenvalue weighted by atomic mass is 32.1. The van der Waals surface area contributed by atoms with Crippen molar-refractivity contribution in [1.82, 2.24) is 10.3 Å². The average Bonchev–Trinajstić information content (AvgIpc) is 3.19. The van der Waals surface area contributed by atoms with Gasteiger partial charge in [0.25, 0.3) is 11.8 Å². The highest BCUT2D eigenvalue weighted by Crippen LogP contribution is 2.38. The molecule has 3 aromatic rings. The first-order valence-corrected chi connectivity index (χ1v) is 11.3. The molecule has 32 heavy (non-hydrogen) atoms. The largest absolute Gasteiger partial charge is 0.493 e. The van der Waals surface area contributed by atoms with Crippen molar-refractivity contribution < 1.29 is 19.1 Å². The number of para-hydroxylation sites is 2. The van der Waals surface area contributed by atoms with Gasteiger partial charge in [-0.3, -0.25) is 14.6 Å². The van der Waals surface area contributed by atoms with Gasteiger partial charge in [-0.2, -0.15) is 0 Å². The van der Waals surface area contributed by atoms with Crippen LogP contribution in [0.1, 0.15) is 39.2 Å². The molecule has 1 aliphatic carbocycles. The molecule has 0 aliphatic heterocycles. The van der Waals surface area contributed by atoms with E-state index in [9.17, 15) is 9.59 Å². The summed E-state index contributed by atoms with van der Waals surface area (Å²) in [6.07, 6.45) is 7.32. The number of carbonyl (C=O) groups excluding carboxylic acids is 2. The van der Waals surface area contributed by atoms with Gasteiger partial charge >= 0.3 is 0 Å². The van der Waals surface area contributed by atoms with Crippen LogP contribution in [0, 0.1) is 0 Å². The number of methoxy groups -OCH3 is 1. The maximum atomic E-state index is 13.1. The fourth-order valence-electron chi connectivity index (χ4n) is 3.71. The number of ether oxygens (including phenoxy) is 2. The quantitative estimate of drug-likeness (QED) is 0.541. The number of nitrogens with one attached hydrogen (secondary N) is 2. The van der Waals surface area contributed by atoms with Crippen molar-refractivity contribution in [3.8, 4) is 11.5 Å². The van der Waals surface area contributed by atoms with Gasteiger partial charge in [-0.1, -0.05) is 18.2 Å². The predicted octanol–water partition coefficient (Wildman–Crippen LogP) is 3.98. The summed E-state index contributed by atoms with van der Waals surface area (Å²) >= 11 is 1.48. The fourth-order valence-corrected chi connectivity index (χ4v) is 5.01. The third kappa shape index (κ3) is 5.08. The number of aryl methyl sites for hydroxylation is 1. The Balaban J connectivity index is 1.47. The number of benzene rings is 1. The summed E-state index contributed by atoms with van der Waals surface area (Å²) in [6, 6.07) is 10.9. The number of carbonyl (C=O) groups is 2. The van der Waals surface area contributed by atoms with Crippen LogP contribution in [0.4, 0.5) is 5.00 Å². The standard InChI is InChI=1S/C24H25N3O4S/c1-30-18-9-3-4-10-19(18)31-15-21(28)27-24-22(17-8-2-5-11-20(17)32-24)23(29)26-14-16-7-6-12-25-13-16/h3-4,6-7,9-10,12-13H,2,5,8,11,14-15H2,1H3,(H,26,29)(H,27,28). The van der Waals surface area contributed by atoms with Crippen molar-refractivity contribution in [3.63, 3.8) is 0 Å². The summed E-state index contributed by atoms with van der Waals surface area (Å²) < 4.78 is 10.9. The number of fused-ring (bicyclic) bond motifs is 1. The number of anilines is 1. The second-order valence-electron chi connectivity index (χ2n) is 7.45. The minimum Gasteiger partial charge on any atom is -0.493 e. The molecule has 0 spiro atoms. The van der Waals surface area contributed by atoms with Crippen LogP contribution in [0.15, 0.2) is 48.8 Å². The maximum absolute atomic E-state index is 13.1. The molecule has 166 valence electrons. The first kappa shape index (κ1) is 21.8. The van der Waals surface area contributed by atoms with Gasteiger partial charge in [0.1, 0.15) is 5.00 Å². The van der Waals surface area contributed by atoms with Crippen molar-refractivity contribution >= 4 is 28.2 Å². The van der Waals surface area contributed by atoms with Crippen LogP contribution in [0.25, 0.3) is 0 Å². The van der Waals surface area contributed by atoms with Gasteiger partial charge in [0, 0.05) is 23.8 Å². The molecular weight excluding hydrogens is 426 g/mol. The molecule has 0 unspecified atom stereocenters. The first-order valence-electron chi connectivity index (χ1n) is 10.5. The highest BCUT2D eigenvalue weighted by molar-refractivity contribution is 7.17. The van der Waals surface area contributed by atoms with E-state index < -0.39 is 0 Å². The monoisotopic (exact) mass is 451 g/mol. The van der Waals surface area contributed by atoms with Crippen LogP contribution < -0.4 is 20.1 Å². The van der Waals surface area contributed by atoms with Crippen molar-refractivity contribution in [2.75, 3.05) is 19.0 Å². The Morgan fingerprint density at radius 1 is 1.09 bits per heavy atom. The lowest BCUT2D eigenvalue weighted by atomic mass is 9.95. The molecule has 0 fully saturated rings. The molecule has 4 rings (SSSR count). The van der Waals surface area contributed by atoms with Gasteiger partial charge in [0.2, 0.25) is 0 Å². The van der Waals surface area contributed by atoms with E-state index in [1.165, 1.54) is 16.2 Å². The molecule has 2 N–H and O–H groups in total. The number of hydrogen-bond acceptors (Lipinski definition) is 6. The minimum absolute atomic E-state index is 0.181. The number of aromatic nitrogens is 1. The minimum atomic E-state index is -0.323. The molecule has 1 aromatic carbocycles. The lowest BCUT2D eigenvalue weighted by Gasteiger charge is -2.13. The Morgan fingerprint density at radius 3 is 2.69 bits per heavy atom. The number of pyridine rings is 1. The maximum Gasteiger partial charge on any atom is 0.262 e. The van der Waals surface area contributed by atoms with E-state index in [1.807, 2.05) is 24.3 Å². The summed E-state index contributed by atoms with van der Waals surface area (Å²) in [7, 11) is 1.55. The molecule has 1 aliphatic rings. The van der Waals surface area contributed by atoms with Crippen LogP contribution in [0.2, 0.25) is 0 Å². The summed E-state index contributed by atoms with van der Waals surface area (Å²) in [6.45, 7) is 0.196. The molecule has 2 amide bonds. The lowest BCUT2D eigenvalue weighted by molar-refractivity contribution is -0.118. The molecule has 2 heterocycles. The normalized spacial score (nSPS) is 12.5. The van der Waals surface area contributed by atoms with Crippen LogP contribution >= 0.6 is 11.3 Å². The average molecular weight is 452 g/mol. The summed E-state index contributed by atoms with van der Waals surface area (Å²) in [5, 5.41) is 6.44. The van der Waals surface area contributed by atoms with E-state index in [4.69, 9.17) is 9.47 Å². The predicted molar refractivity (Wildman–Crippen MR) is 123 cm³/mol. The third-order valence-electron chi connectivity index (χ3n) is 5.26. The molecule has 0 atom stereocenters. The molecule has 8 heteroatoms. The third-order valence-corrected chi connectivity index (χ3v) is 6.46. The van der Waals surface area contributed by atoms with Crippen molar-refractivity contribution in [3.05, 3.63) is 70.4 Å². The molecule has 0 bridgehead atoms. The van der Waals surface area contributed by atoms with Gasteiger partial charge in [0.05, 0.1) is 12.7 Å². The van der Waals surface area contributed by atoms with Crippen molar-refractivity contribution in [2.45, 2.75) is 32.2 Å². The van der Waals surface area contributed by atoms with E-state index in [0.29, 0.717) is 28.6 Å². The molecule has 7 nitrogen and oxygen atoms in total.